The Kier molecular flexibility index (Phi) is 5.04. The molecule has 1 unspecified atom stereocenters. The molecule has 0 bridgehead atoms. The van der Waals surface area contributed by atoms with Crippen LogP contribution < -0.4 is 5.73 Å². The van der Waals surface area contributed by atoms with Gasteiger partial charge in [-0.05, 0) is 49.3 Å². The fourth-order valence-electron chi connectivity index (χ4n) is 3.28. The number of halogens is 1. The highest BCUT2D eigenvalue weighted by Crippen LogP contribution is 2.47. The number of hydrogen-bond acceptors (Lipinski definition) is 2. The number of aliphatic hydroxyl groups excluding tert-OH is 1. The summed E-state index contributed by atoms with van der Waals surface area (Å²) in [6.07, 6.45) is 5.25. The number of nitrogens with two attached hydrogens (primary N) is 1. The van der Waals surface area contributed by atoms with Crippen LogP contribution >= 0.6 is 15.9 Å². The van der Waals surface area contributed by atoms with Gasteiger partial charge >= 0.3 is 0 Å². The molecule has 2 rings (SSSR count). The molecule has 1 saturated carbocycles. The highest BCUT2D eigenvalue weighted by molar-refractivity contribution is 9.10. The molecule has 1 aromatic carbocycles. The van der Waals surface area contributed by atoms with Crippen LogP contribution in [0, 0.1) is 11.3 Å². The van der Waals surface area contributed by atoms with Crippen molar-refractivity contribution in [2.75, 3.05) is 6.54 Å². The molecule has 2 nitrogen and oxygen atoms in total. The van der Waals surface area contributed by atoms with Gasteiger partial charge in [0.15, 0.2) is 0 Å². The molecule has 1 atom stereocenters. The summed E-state index contributed by atoms with van der Waals surface area (Å²) >= 11 is 3.47. The first-order valence-corrected chi connectivity index (χ1v) is 8.04. The van der Waals surface area contributed by atoms with Crippen LogP contribution in [0.1, 0.15) is 50.7 Å². The maximum atomic E-state index is 10.8. The van der Waals surface area contributed by atoms with Crippen molar-refractivity contribution in [3.63, 3.8) is 0 Å². The Balaban J connectivity index is 2.17. The molecule has 0 aliphatic heterocycles. The highest BCUT2D eigenvalue weighted by atomic mass is 79.9. The number of hydrogen-bond donors (Lipinski definition) is 2. The maximum absolute atomic E-state index is 10.8. The molecule has 106 valence electrons. The van der Waals surface area contributed by atoms with Crippen LogP contribution in [0.3, 0.4) is 0 Å². The fourth-order valence-corrected chi connectivity index (χ4v) is 3.70. The minimum atomic E-state index is -0.451. The van der Waals surface area contributed by atoms with E-state index in [9.17, 15) is 5.11 Å². The number of rotatable bonds is 4. The van der Waals surface area contributed by atoms with Crippen molar-refractivity contribution < 1.29 is 5.11 Å². The van der Waals surface area contributed by atoms with Crippen LogP contribution in [0.5, 0.6) is 0 Å². The molecular weight excluding hydrogens is 302 g/mol. The highest BCUT2D eigenvalue weighted by Gasteiger charge is 2.40. The van der Waals surface area contributed by atoms with Crippen molar-refractivity contribution >= 4 is 15.9 Å². The molecule has 1 aromatic rings. The molecule has 1 fully saturated rings. The first-order chi connectivity index (χ1) is 9.11. The van der Waals surface area contributed by atoms with Gasteiger partial charge in [0.1, 0.15) is 0 Å². The normalized spacial score (nSPS) is 29.2. The van der Waals surface area contributed by atoms with Crippen LogP contribution in [0.4, 0.5) is 0 Å². The summed E-state index contributed by atoms with van der Waals surface area (Å²) in [6, 6.07) is 7.97. The Morgan fingerprint density at radius 1 is 1.42 bits per heavy atom. The van der Waals surface area contributed by atoms with Gasteiger partial charge in [0.2, 0.25) is 0 Å². The molecule has 19 heavy (non-hydrogen) atoms. The van der Waals surface area contributed by atoms with E-state index in [2.05, 4.69) is 22.9 Å². The fraction of sp³-hybridized carbons (Fsp3) is 0.625. The van der Waals surface area contributed by atoms with E-state index in [4.69, 9.17) is 5.73 Å². The Labute approximate surface area is 124 Å². The third-order valence-corrected chi connectivity index (χ3v) is 5.32. The second kappa shape index (κ2) is 6.38. The molecular formula is C16H24BrNO. The first-order valence-electron chi connectivity index (χ1n) is 7.25. The molecule has 0 saturated heterocycles. The summed E-state index contributed by atoms with van der Waals surface area (Å²) in [5.41, 5.74) is 6.88. The van der Waals surface area contributed by atoms with Gasteiger partial charge in [-0.3, -0.25) is 0 Å². The molecule has 3 N–H and O–H groups in total. The average Bonchev–Trinajstić information content (AvgIpc) is 2.46. The van der Waals surface area contributed by atoms with Gasteiger partial charge in [-0.15, -0.1) is 0 Å². The second-order valence-corrected chi connectivity index (χ2v) is 6.79. The molecule has 1 aliphatic carbocycles. The van der Waals surface area contributed by atoms with Crippen molar-refractivity contribution in [3.05, 3.63) is 34.3 Å². The molecule has 3 heteroatoms. The lowest BCUT2D eigenvalue weighted by atomic mass is 9.65. The molecule has 0 heterocycles. The topological polar surface area (TPSA) is 46.2 Å². The molecule has 0 aromatic heterocycles. The zero-order chi connectivity index (χ0) is 13.9. The van der Waals surface area contributed by atoms with E-state index in [1.165, 1.54) is 19.3 Å². The van der Waals surface area contributed by atoms with Crippen LogP contribution in [0.25, 0.3) is 0 Å². The third kappa shape index (κ3) is 3.21. The Morgan fingerprint density at radius 2 is 2.11 bits per heavy atom. The largest absolute Gasteiger partial charge is 0.388 e. The molecule has 0 radical (unpaired) electrons. The third-order valence-electron chi connectivity index (χ3n) is 4.83. The Morgan fingerprint density at radius 3 is 2.63 bits per heavy atom. The summed E-state index contributed by atoms with van der Waals surface area (Å²) in [6.45, 7) is 2.82. The minimum Gasteiger partial charge on any atom is -0.388 e. The molecule has 0 amide bonds. The lowest BCUT2D eigenvalue weighted by molar-refractivity contribution is -0.0103. The lowest BCUT2D eigenvalue weighted by Crippen LogP contribution is -2.40. The van der Waals surface area contributed by atoms with Gasteiger partial charge in [0.05, 0.1) is 6.10 Å². The molecule has 1 aliphatic rings. The maximum Gasteiger partial charge on any atom is 0.0858 e. The van der Waals surface area contributed by atoms with E-state index < -0.39 is 6.10 Å². The predicted molar refractivity (Wildman–Crippen MR) is 82.8 cm³/mol. The van der Waals surface area contributed by atoms with Crippen molar-refractivity contribution in [1.82, 2.24) is 0 Å². The zero-order valence-corrected chi connectivity index (χ0v) is 13.2. The van der Waals surface area contributed by atoms with E-state index in [1.54, 1.807) is 0 Å². The Bertz CT molecular complexity index is 413. The van der Waals surface area contributed by atoms with Crippen molar-refractivity contribution in [2.45, 2.75) is 45.1 Å². The predicted octanol–water partition coefficient (Wildman–Crippen LogP) is 4.03. The summed E-state index contributed by atoms with van der Waals surface area (Å²) in [4.78, 5) is 0. The zero-order valence-electron chi connectivity index (χ0n) is 11.6. The summed E-state index contributed by atoms with van der Waals surface area (Å²) in [5, 5.41) is 10.8. The van der Waals surface area contributed by atoms with Crippen molar-refractivity contribution in [3.8, 4) is 0 Å². The second-order valence-electron chi connectivity index (χ2n) is 5.88. The van der Waals surface area contributed by atoms with E-state index in [1.807, 2.05) is 24.3 Å². The van der Waals surface area contributed by atoms with E-state index in [-0.39, 0.29) is 5.41 Å². The van der Waals surface area contributed by atoms with Gasteiger partial charge < -0.3 is 10.8 Å². The average molecular weight is 326 g/mol. The number of aliphatic hydroxyl groups is 1. The van der Waals surface area contributed by atoms with E-state index >= 15 is 0 Å². The summed E-state index contributed by atoms with van der Waals surface area (Å²) < 4.78 is 1.01. The van der Waals surface area contributed by atoms with Crippen LogP contribution in [-0.2, 0) is 0 Å². The van der Waals surface area contributed by atoms with Crippen LogP contribution in [0.2, 0.25) is 0 Å². The van der Waals surface area contributed by atoms with Crippen LogP contribution in [-0.4, -0.2) is 11.7 Å². The SMILES string of the molecule is CCC1CCC(CN)(C(O)c2cccc(Br)c2)CC1. The summed E-state index contributed by atoms with van der Waals surface area (Å²) in [5.74, 6) is 0.814. The first kappa shape index (κ1) is 15.0. The van der Waals surface area contributed by atoms with E-state index in [0.717, 1.165) is 28.8 Å². The van der Waals surface area contributed by atoms with Gasteiger partial charge in [-0.1, -0.05) is 41.4 Å². The number of benzene rings is 1. The van der Waals surface area contributed by atoms with E-state index in [0.29, 0.717) is 6.54 Å². The van der Waals surface area contributed by atoms with Gasteiger partial charge in [0, 0.05) is 16.4 Å². The van der Waals surface area contributed by atoms with Crippen molar-refractivity contribution in [1.29, 1.82) is 0 Å². The van der Waals surface area contributed by atoms with Gasteiger partial charge in [-0.2, -0.15) is 0 Å². The van der Waals surface area contributed by atoms with Crippen LogP contribution in [0.15, 0.2) is 28.7 Å². The Hall–Kier alpha value is -0.380. The minimum absolute atomic E-state index is 0.132. The van der Waals surface area contributed by atoms with Gasteiger partial charge in [0.25, 0.3) is 0 Å². The standard InChI is InChI=1S/C16H24BrNO/c1-2-12-6-8-16(11-18,9-7-12)15(19)13-4-3-5-14(17)10-13/h3-5,10,12,15,19H,2,6-9,11,18H2,1H3. The smallest absolute Gasteiger partial charge is 0.0858 e. The molecule has 0 spiro atoms. The summed E-state index contributed by atoms with van der Waals surface area (Å²) in [7, 11) is 0. The van der Waals surface area contributed by atoms with Gasteiger partial charge in [-0.25, -0.2) is 0 Å². The lowest BCUT2D eigenvalue weighted by Gasteiger charge is -2.43. The quantitative estimate of drug-likeness (QED) is 0.877. The monoisotopic (exact) mass is 325 g/mol. The van der Waals surface area contributed by atoms with Crippen molar-refractivity contribution in [2.24, 2.45) is 17.1 Å².